The quantitative estimate of drug-likeness (QED) is 0.790. The molecule has 0 aromatic rings. The van der Waals surface area contributed by atoms with Crippen LogP contribution >= 0.6 is 0 Å². The van der Waals surface area contributed by atoms with Gasteiger partial charge in [-0.25, -0.2) is 0 Å². The molecule has 2 atom stereocenters. The monoisotopic (exact) mass is 294 g/mol. The van der Waals surface area contributed by atoms with Gasteiger partial charge in [0, 0.05) is 23.7 Å². The molecule has 3 heteroatoms. The van der Waals surface area contributed by atoms with E-state index in [-0.39, 0.29) is 5.54 Å². The molecule has 0 aromatic carbocycles. The van der Waals surface area contributed by atoms with Crippen LogP contribution < -0.4 is 5.32 Å². The van der Waals surface area contributed by atoms with E-state index in [4.69, 9.17) is 0 Å². The van der Waals surface area contributed by atoms with E-state index in [0.717, 1.165) is 12.5 Å². The van der Waals surface area contributed by atoms with E-state index >= 15 is 0 Å². The molecular formula is C18H34N2O. The Morgan fingerprint density at radius 3 is 2.33 bits per heavy atom. The highest BCUT2D eigenvalue weighted by Crippen LogP contribution is 2.36. The number of hydrogen-bond donors (Lipinski definition) is 2. The number of aliphatic hydroxyl groups is 1. The minimum atomic E-state index is 0.0200. The van der Waals surface area contributed by atoms with Crippen molar-refractivity contribution >= 4 is 0 Å². The van der Waals surface area contributed by atoms with Gasteiger partial charge in [-0.2, -0.15) is 0 Å². The molecule has 0 heterocycles. The highest BCUT2D eigenvalue weighted by Gasteiger charge is 2.42. The molecule has 0 aromatic heterocycles. The van der Waals surface area contributed by atoms with E-state index in [1.807, 2.05) is 0 Å². The second kappa shape index (κ2) is 6.97. The first kappa shape index (κ1) is 15.8. The molecule has 0 spiro atoms. The van der Waals surface area contributed by atoms with Gasteiger partial charge in [0.05, 0.1) is 6.61 Å². The van der Waals surface area contributed by atoms with Crippen LogP contribution in [0, 0.1) is 0 Å². The average Bonchev–Trinajstić information content (AvgIpc) is 3.33. The fourth-order valence-electron chi connectivity index (χ4n) is 4.82. The van der Waals surface area contributed by atoms with Gasteiger partial charge in [-0.3, -0.25) is 4.90 Å². The maximum absolute atomic E-state index is 10.0. The third-order valence-electron chi connectivity index (χ3n) is 6.09. The predicted molar refractivity (Wildman–Crippen MR) is 87.5 cm³/mol. The molecule has 0 bridgehead atoms. The van der Waals surface area contributed by atoms with Gasteiger partial charge >= 0.3 is 0 Å². The van der Waals surface area contributed by atoms with Crippen molar-refractivity contribution in [1.29, 1.82) is 0 Å². The first-order valence-corrected chi connectivity index (χ1v) is 9.40. The third kappa shape index (κ3) is 3.80. The average molecular weight is 294 g/mol. The number of nitrogens with zero attached hydrogens (tertiary/aromatic N) is 1. The summed E-state index contributed by atoms with van der Waals surface area (Å²) in [6.07, 6.45) is 14.6. The van der Waals surface area contributed by atoms with Crippen LogP contribution in [0.2, 0.25) is 0 Å². The largest absolute Gasteiger partial charge is 0.394 e. The topological polar surface area (TPSA) is 35.5 Å². The van der Waals surface area contributed by atoms with Gasteiger partial charge in [0.2, 0.25) is 0 Å². The van der Waals surface area contributed by atoms with Crippen molar-refractivity contribution in [3.05, 3.63) is 0 Å². The van der Waals surface area contributed by atoms with Gasteiger partial charge in [-0.15, -0.1) is 0 Å². The Kier molecular flexibility index (Phi) is 5.23. The first-order valence-electron chi connectivity index (χ1n) is 9.40. The normalized spacial score (nSPS) is 35.3. The number of aliphatic hydroxyl groups excluding tert-OH is 1. The zero-order valence-electron chi connectivity index (χ0n) is 13.8. The first-order chi connectivity index (χ1) is 10.3. The van der Waals surface area contributed by atoms with Crippen LogP contribution in [0.4, 0.5) is 0 Å². The lowest BCUT2D eigenvalue weighted by atomic mass is 9.77. The maximum Gasteiger partial charge on any atom is 0.0613 e. The van der Waals surface area contributed by atoms with Crippen LogP contribution in [-0.2, 0) is 0 Å². The highest BCUT2D eigenvalue weighted by atomic mass is 16.3. The van der Waals surface area contributed by atoms with Crippen molar-refractivity contribution in [3.63, 3.8) is 0 Å². The Bertz CT molecular complexity index is 325. The molecule has 3 rings (SSSR count). The fourth-order valence-corrected chi connectivity index (χ4v) is 4.82. The summed E-state index contributed by atoms with van der Waals surface area (Å²) in [5.41, 5.74) is 0.0200. The molecule has 0 aliphatic heterocycles. The standard InChI is InChI=1S/C18H34N2O/c1-2-20(16-7-4-3-5-8-16)17-9-6-12-18(13-17,14-21)19-15-10-11-15/h15-17,19,21H,2-14H2,1H3. The summed E-state index contributed by atoms with van der Waals surface area (Å²) in [7, 11) is 0. The number of rotatable bonds is 6. The van der Waals surface area contributed by atoms with Gasteiger partial charge in [0.25, 0.3) is 0 Å². The lowest BCUT2D eigenvalue weighted by Gasteiger charge is -2.47. The molecule has 3 nitrogen and oxygen atoms in total. The SMILES string of the molecule is CCN(C1CCCCC1)C1CCCC(CO)(NC2CC2)C1. The van der Waals surface area contributed by atoms with Crippen LogP contribution in [0.15, 0.2) is 0 Å². The van der Waals surface area contributed by atoms with Crippen LogP contribution in [-0.4, -0.2) is 46.8 Å². The van der Waals surface area contributed by atoms with Crippen LogP contribution in [0.3, 0.4) is 0 Å². The van der Waals surface area contributed by atoms with E-state index in [1.165, 1.54) is 70.8 Å². The molecule has 0 radical (unpaired) electrons. The summed E-state index contributed by atoms with van der Waals surface area (Å²) in [5, 5.41) is 13.8. The molecular weight excluding hydrogens is 260 g/mol. The van der Waals surface area contributed by atoms with Gasteiger partial charge < -0.3 is 10.4 Å². The second-order valence-electron chi connectivity index (χ2n) is 7.73. The summed E-state index contributed by atoms with van der Waals surface area (Å²) >= 11 is 0. The zero-order chi connectivity index (χ0) is 14.7. The number of nitrogens with one attached hydrogen (secondary N) is 1. The van der Waals surface area contributed by atoms with Crippen molar-refractivity contribution in [3.8, 4) is 0 Å². The van der Waals surface area contributed by atoms with Gasteiger partial charge in [0.15, 0.2) is 0 Å². The van der Waals surface area contributed by atoms with Crippen molar-refractivity contribution in [2.45, 2.75) is 101 Å². The smallest absolute Gasteiger partial charge is 0.0613 e. The molecule has 21 heavy (non-hydrogen) atoms. The molecule has 0 amide bonds. The van der Waals surface area contributed by atoms with E-state index in [1.54, 1.807) is 0 Å². The van der Waals surface area contributed by atoms with Crippen molar-refractivity contribution in [2.24, 2.45) is 0 Å². The molecule has 2 unspecified atom stereocenters. The summed E-state index contributed by atoms with van der Waals surface area (Å²) < 4.78 is 0. The third-order valence-corrected chi connectivity index (χ3v) is 6.09. The van der Waals surface area contributed by atoms with Crippen molar-refractivity contribution < 1.29 is 5.11 Å². The van der Waals surface area contributed by atoms with Crippen molar-refractivity contribution in [2.75, 3.05) is 13.2 Å². The fraction of sp³-hybridized carbons (Fsp3) is 1.00. The molecule has 0 saturated heterocycles. The van der Waals surface area contributed by atoms with Gasteiger partial charge in [-0.05, 0) is 57.9 Å². The Hall–Kier alpha value is -0.120. The Morgan fingerprint density at radius 2 is 1.71 bits per heavy atom. The molecule has 3 saturated carbocycles. The summed E-state index contributed by atoms with van der Waals surface area (Å²) in [6.45, 7) is 3.83. The Balaban J connectivity index is 1.64. The van der Waals surface area contributed by atoms with E-state index in [0.29, 0.717) is 18.7 Å². The van der Waals surface area contributed by atoms with Gasteiger partial charge in [0.1, 0.15) is 0 Å². The highest BCUT2D eigenvalue weighted by molar-refractivity contribution is 5.01. The summed E-state index contributed by atoms with van der Waals surface area (Å²) in [4.78, 5) is 2.79. The molecule has 3 aliphatic rings. The minimum absolute atomic E-state index is 0.0200. The predicted octanol–water partition coefficient (Wildman–Crippen LogP) is 3.07. The zero-order valence-corrected chi connectivity index (χ0v) is 13.8. The second-order valence-corrected chi connectivity index (χ2v) is 7.73. The van der Waals surface area contributed by atoms with E-state index < -0.39 is 0 Å². The van der Waals surface area contributed by atoms with E-state index in [2.05, 4.69) is 17.1 Å². The molecule has 3 aliphatic carbocycles. The number of hydrogen-bond acceptors (Lipinski definition) is 3. The lowest BCUT2D eigenvalue weighted by Crippen LogP contribution is -2.58. The van der Waals surface area contributed by atoms with E-state index in [9.17, 15) is 5.11 Å². The maximum atomic E-state index is 10.0. The summed E-state index contributed by atoms with van der Waals surface area (Å²) in [6, 6.07) is 2.19. The molecule has 122 valence electrons. The Morgan fingerprint density at radius 1 is 1.00 bits per heavy atom. The lowest BCUT2D eigenvalue weighted by molar-refractivity contribution is 0.0307. The summed E-state index contributed by atoms with van der Waals surface area (Å²) in [5.74, 6) is 0. The van der Waals surface area contributed by atoms with Crippen molar-refractivity contribution in [1.82, 2.24) is 10.2 Å². The van der Waals surface area contributed by atoms with Gasteiger partial charge in [-0.1, -0.05) is 26.2 Å². The minimum Gasteiger partial charge on any atom is -0.394 e. The molecule has 3 fully saturated rings. The van der Waals surface area contributed by atoms with Crippen LogP contribution in [0.1, 0.15) is 77.6 Å². The molecule has 2 N–H and O–H groups in total. The Labute approximate surface area is 130 Å². The van der Waals surface area contributed by atoms with Crippen LogP contribution in [0.5, 0.6) is 0 Å². The van der Waals surface area contributed by atoms with Crippen LogP contribution in [0.25, 0.3) is 0 Å².